The van der Waals surface area contributed by atoms with Crippen LogP contribution in [0, 0.1) is 0 Å². The first-order chi connectivity index (χ1) is 6.52. The van der Waals surface area contributed by atoms with Crippen LogP contribution in [0.2, 0.25) is 0 Å². The third-order valence-electron chi connectivity index (χ3n) is 2.18. The smallest absolute Gasteiger partial charge is 0.258 e. The summed E-state index contributed by atoms with van der Waals surface area (Å²) in [5, 5.41) is 9.15. The first kappa shape index (κ1) is 9.63. The zero-order valence-electron chi connectivity index (χ0n) is 7.74. The van der Waals surface area contributed by atoms with Crippen molar-refractivity contribution in [2.45, 2.75) is 17.5 Å². The van der Waals surface area contributed by atoms with Crippen molar-refractivity contribution in [2.24, 2.45) is 0 Å². The van der Waals surface area contributed by atoms with Gasteiger partial charge in [-0.25, -0.2) is 13.1 Å². The van der Waals surface area contributed by atoms with Crippen molar-refractivity contribution in [2.75, 3.05) is 13.1 Å². The van der Waals surface area contributed by atoms with Gasteiger partial charge in [-0.15, -0.1) is 0 Å². The quantitative estimate of drug-likeness (QED) is 0.608. The van der Waals surface area contributed by atoms with E-state index in [4.69, 9.17) is 0 Å². The zero-order valence-corrected chi connectivity index (χ0v) is 8.56. The van der Waals surface area contributed by atoms with Gasteiger partial charge >= 0.3 is 0 Å². The molecule has 0 bridgehead atoms. The Balaban J connectivity index is 2.18. The van der Waals surface area contributed by atoms with Gasteiger partial charge in [-0.05, 0) is 13.0 Å². The molecular formula is C7H12N4O2S. The van der Waals surface area contributed by atoms with Crippen LogP contribution in [0.15, 0.2) is 17.3 Å². The second-order valence-electron chi connectivity index (χ2n) is 3.69. The van der Waals surface area contributed by atoms with Gasteiger partial charge in [0.25, 0.3) is 10.0 Å². The van der Waals surface area contributed by atoms with Crippen LogP contribution in [-0.4, -0.2) is 37.2 Å². The number of H-pyrrole nitrogens is 1. The van der Waals surface area contributed by atoms with Crippen LogP contribution in [-0.2, 0) is 10.0 Å². The van der Waals surface area contributed by atoms with E-state index in [0.717, 1.165) is 0 Å². The van der Waals surface area contributed by atoms with E-state index in [1.54, 1.807) is 0 Å². The molecule has 0 radical (unpaired) electrons. The second kappa shape index (κ2) is 3.04. The van der Waals surface area contributed by atoms with E-state index in [1.807, 2.05) is 6.92 Å². The number of hydrogen-bond donors (Lipinski definition) is 3. The fraction of sp³-hybridized carbons (Fsp3) is 0.571. The molecule has 0 amide bonds. The lowest BCUT2D eigenvalue weighted by molar-refractivity contribution is 0.279. The van der Waals surface area contributed by atoms with Gasteiger partial charge in [-0.1, -0.05) is 0 Å². The Labute approximate surface area is 82.1 Å². The van der Waals surface area contributed by atoms with E-state index in [1.165, 1.54) is 12.3 Å². The van der Waals surface area contributed by atoms with Gasteiger partial charge in [0.05, 0.1) is 11.7 Å². The summed E-state index contributed by atoms with van der Waals surface area (Å²) in [4.78, 5) is 0. The fourth-order valence-corrected chi connectivity index (χ4v) is 2.66. The Hall–Kier alpha value is -0.920. The minimum atomic E-state index is -3.44. The molecule has 1 aliphatic rings. The standard InChI is InChI=1S/C7H12N4O2S/c1-7(4-8-5-7)11-14(12,13)6-2-3-9-10-6/h2-3,8,11H,4-5H2,1H3,(H,9,10). The van der Waals surface area contributed by atoms with Crippen molar-refractivity contribution in [1.82, 2.24) is 20.2 Å². The second-order valence-corrected chi connectivity index (χ2v) is 5.34. The maximum absolute atomic E-state index is 11.7. The summed E-state index contributed by atoms with van der Waals surface area (Å²) in [7, 11) is -3.44. The summed E-state index contributed by atoms with van der Waals surface area (Å²) in [6.45, 7) is 3.16. The molecule has 1 fully saturated rings. The molecule has 2 heterocycles. The van der Waals surface area contributed by atoms with E-state index in [2.05, 4.69) is 20.2 Å². The van der Waals surface area contributed by atoms with Crippen LogP contribution in [0.4, 0.5) is 0 Å². The summed E-state index contributed by atoms with van der Waals surface area (Å²) in [6, 6.07) is 1.43. The Bertz CT molecular complexity index is 407. The summed E-state index contributed by atoms with van der Waals surface area (Å²) in [6.07, 6.45) is 1.41. The summed E-state index contributed by atoms with van der Waals surface area (Å²) in [5.74, 6) is 0. The molecule has 1 aromatic rings. The summed E-state index contributed by atoms with van der Waals surface area (Å²) < 4.78 is 26.0. The van der Waals surface area contributed by atoms with Crippen LogP contribution in [0.5, 0.6) is 0 Å². The summed E-state index contributed by atoms with van der Waals surface area (Å²) in [5.41, 5.74) is -0.371. The highest BCUT2D eigenvalue weighted by Crippen LogP contribution is 2.14. The molecule has 14 heavy (non-hydrogen) atoms. The predicted octanol–water partition coefficient (Wildman–Crippen LogP) is -0.950. The van der Waals surface area contributed by atoms with Crippen molar-refractivity contribution in [3.05, 3.63) is 12.3 Å². The largest absolute Gasteiger partial charge is 0.313 e. The molecule has 2 rings (SSSR count). The lowest BCUT2D eigenvalue weighted by Gasteiger charge is -2.39. The molecule has 1 saturated heterocycles. The van der Waals surface area contributed by atoms with Crippen LogP contribution in [0.3, 0.4) is 0 Å². The Kier molecular flexibility index (Phi) is 2.09. The van der Waals surface area contributed by atoms with Gasteiger partial charge in [0, 0.05) is 13.1 Å². The van der Waals surface area contributed by atoms with Crippen LogP contribution >= 0.6 is 0 Å². The van der Waals surface area contributed by atoms with E-state index in [0.29, 0.717) is 13.1 Å². The molecule has 0 unspecified atom stereocenters. The first-order valence-electron chi connectivity index (χ1n) is 4.26. The zero-order chi connectivity index (χ0) is 10.2. The van der Waals surface area contributed by atoms with Gasteiger partial charge < -0.3 is 5.32 Å². The van der Waals surface area contributed by atoms with Gasteiger partial charge in [0.2, 0.25) is 0 Å². The predicted molar refractivity (Wildman–Crippen MR) is 50.2 cm³/mol. The number of nitrogens with one attached hydrogen (secondary N) is 3. The van der Waals surface area contributed by atoms with Gasteiger partial charge in [-0.3, -0.25) is 5.10 Å². The van der Waals surface area contributed by atoms with E-state index in [-0.39, 0.29) is 10.6 Å². The molecule has 0 aliphatic carbocycles. The highest BCUT2D eigenvalue weighted by Gasteiger charge is 2.36. The number of hydrogen-bond acceptors (Lipinski definition) is 4. The van der Waals surface area contributed by atoms with Crippen molar-refractivity contribution >= 4 is 10.0 Å². The minimum absolute atomic E-state index is 0.102. The Morgan fingerprint density at radius 2 is 2.29 bits per heavy atom. The maximum atomic E-state index is 11.7. The minimum Gasteiger partial charge on any atom is -0.313 e. The van der Waals surface area contributed by atoms with Crippen molar-refractivity contribution < 1.29 is 8.42 Å². The third kappa shape index (κ3) is 1.66. The van der Waals surface area contributed by atoms with Crippen molar-refractivity contribution in [3.63, 3.8) is 0 Å². The van der Waals surface area contributed by atoms with Crippen LogP contribution in [0.1, 0.15) is 6.92 Å². The summed E-state index contributed by atoms with van der Waals surface area (Å²) >= 11 is 0. The van der Waals surface area contributed by atoms with Crippen molar-refractivity contribution in [1.29, 1.82) is 0 Å². The Morgan fingerprint density at radius 1 is 1.57 bits per heavy atom. The first-order valence-corrected chi connectivity index (χ1v) is 5.74. The molecule has 7 heteroatoms. The molecule has 3 N–H and O–H groups in total. The van der Waals surface area contributed by atoms with Crippen LogP contribution < -0.4 is 10.0 Å². The monoisotopic (exact) mass is 216 g/mol. The highest BCUT2D eigenvalue weighted by molar-refractivity contribution is 7.89. The fourth-order valence-electron chi connectivity index (χ4n) is 1.34. The number of aromatic amines is 1. The van der Waals surface area contributed by atoms with Crippen LogP contribution in [0.25, 0.3) is 0 Å². The number of aromatic nitrogens is 2. The molecule has 0 aromatic carbocycles. The molecule has 1 aromatic heterocycles. The molecule has 0 saturated carbocycles. The van der Waals surface area contributed by atoms with Crippen molar-refractivity contribution in [3.8, 4) is 0 Å². The molecule has 6 nitrogen and oxygen atoms in total. The molecule has 0 spiro atoms. The normalized spacial score (nSPS) is 20.4. The molecule has 78 valence electrons. The Morgan fingerprint density at radius 3 is 2.71 bits per heavy atom. The van der Waals surface area contributed by atoms with Gasteiger partial charge in [0.15, 0.2) is 5.03 Å². The lowest BCUT2D eigenvalue weighted by Crippen LogP contribution is -2.66. The van der Waals surface area contributed by atoms with E-state index >= 15 is 0 Å². The average molecular weight is 216 g/mol. The topological polar surface area (TPSA) is 86.9 Å². The molecule has 1 aliphatic heterocycles. The number of nitrogens with zero attached hydrogens (tertiary/aromatic N) is 1. The van der Waals surface area contributed by atoms with Gasteiger partial charge in [0.1, 0.15) is 0 Å². The average Bonchev–Trinajstić information content (AvgIpc) is 2.52. The van der Waals surface area contributed by atoms with Gasteiger partial charge in [-0.2, -0.15) is 5.10 Å². The van der Waals surface area contributed by atoms with E-state index in [9.17, 15) is 8.42 Å². The van der Waals surface area contributed by atoms with E-state index < -0.39 is 10.0 Å². The third-order valence-corrected chi connectivity index (χ3v) is 3.74. The molecular weight excluding hydrogens is 204 g/mol. The number of rotatable bonds is 3. The SMILES string of the molecule is CC1(NS(=O)(=O)c2ccn[nH]2)CNC1. The number of sulfonamides is 1. The highest BCUT2D eigenvalue weighted by atomic mass is 32.2. The molecule has 0 atom stereocenters. The maximum Gasteiger partial charge on any atom is 0.258 e. The lowest BCUT2D eigenvalue weighted by atomic mass is 9.97.